The molecule has 0 aliphatic carbocycles. The highest BCUT2D eigenvalue weighted by molar-refractivity contribution is 5.97. The van der Waals surface area contributed by atoms with Gasteiger partial charge in [0.15, 0.2) is 17.3 Å². The molecule has 0 unspecified atom stereocenters. The van der Waals surface area contributed by atoms with Crippen LogP contribution in [0.2, 0.25) is 0 Å². The number of hydrogen-bond acceptors (Lipinski definition) is 10. The van der Waals surface area contributed by atoms with Crippen LogP contribution >= 0.6 is 0 Å². The number of fused-ring (bicyclic) bond motifs is 1. The topological polar surface area (TPSA) is 155 Å². The van der Waals surface area contributed by atoms with Gasteiger partial charge in [0.05, 0.1) is 18.3 Å². The Morgan fingerprint density at radius 2 is 2.05 bits per heavy atom. The van der Waals surface area contributed by atoms with Gasteiger partial charge in [-0.25, -0.2) is 14.6 Å². The van der Waals surface area contributed by atoms with E-state index in [0.717, 1.165) is 0 Å². The Bertz CT molecular complexity index is 1590. The Hall–Kier alpha value is -4.73. The molecule has 1 aliphatic rings. The van der Waals surface area contributed by atoms with E-state index in [1.54, 1.807) is 22.6 Å². The molecule has 4 aromatic rings. The van der Waals surface area contributed by atoms with Crippen LogP contribution in [0.1, 0.15) is 19.3 Å². The lowest BCUT2D eigenvalue weighted by molar-refractivity contribution is -0.170. The van der Waals surface area contributed by atoms with Crippen molar-refractivity contribution >= 4 is 34.4 Å². The molecule has 1 fully saturated rings. The number of anilines is 2. The highest BCUT2D eigenvalue weighted by atomic mass is 19.4. The highest BCUT2D eigenvalue weighted by Crippen LogP contribution is 2.32. The van der Waals surface area contributed by atoms with Gasteiger partial charge in [-0.05, 0) is 35.3 Å². The van der Waals surface area contributed by atoms with Gasteiger partial charge in [-0.1, -0.05) is 6.07 Å². The lowest BCUT2D eigenvalue weighted by atomic mass is 10.2. The number of methoxy groups -OCH3 is 1. The van der Waals surface area contributed by atoms with E-state index in [1.807, 2.05) is 0 Å². The Balaban J connectivity index is 1.40. The molecule has 13 nitrogen and oxygen atoms in total. The molecule has 16 heteroatoms. The minimum absolute atomic E-state index is 0.00918. The van der Waals surface area contributed by atoms with E-state index in [9.17, 15) is 22.8 Å². The zero-order valence-corrected chi connectivity index (χ0v) is 22.5. The summed E-state index contributed by atoms with van der Waals surface area (Å²) >= 11 is 0. The first-order chi connectivity index (χ1) is 20.2. The maximum absolute atomic E-state index is 13.5. The number of pyridine rings is 1. The van der Waals surface area contributed by atoms with Gasteiger partial charge in [-0.2, -0.15) is 13.2 Å². The standard InChI is InChI=1S/C26H27F3N8O5/c1-40-12-11-37-19-14-20(31-15-18(19)32-24(37)22-23(30)34-42-33-22)41-17-6-2-5-16(13-17)36(25(39)26(27,28)29)10-4-9-35-8-3-7-21(35)38/h2,5-6,13-15H,3-4,7-12H2,1H3,(H2,30,34). The second kappa shape index (κ2) is 12.0. The zero-order valence-electron chi connectivity index (χ0n) is 22.5. The van der Waals surface area contributed by atoms with Crippen LogP contribution in [0.3, 0.4) is 0 Å². The number of hydrogen-bond donors (Lipinski definition) is 1. The molecule has 5 rings (SSSR count). The molecule has 0 atom stereocenters. The van der Waals surface area contributed by atoms with Crippen LogP contribution < -0.4 is 15.4 Å². The number of nitrogen functional groups attached to an aromatic ring is 1. The molecule has 1 aliphatic heterocycles. The van der Waals surface area contributed by atoms with Gasteiger partial charge in [-0.3, -0.25) is 9.59 Å². The van der Waals surface area contributed by atoms with E-state index in [0.29, 0.717) is 54.3 Å². The monoisotopic (exact) mass is 588 g/mol. The van der Waals surface area contributed by atoms with Crippen molar-refractivity contribution in [2.24, 2.45) is 0 Å². The summed E-state index contributed by atoms with van der Waals surface area (Å²) in [4.78, 5) is 35.3. The first-order valence-corrected chi connectivity index (χ1v) is 13.0. The SMILES string of the molecule is COCCn1c(-c2nonc2N)nc2cnc(Oc3cccc(N(CCCN4CCCC4=O)C(=O)C(F)(F)F)c3)cc21. The Morgan fingerprint density at radius 3 is 2.74 bits per heavy atom. The highest BCUT2D eigenvalue weighted by Gasteiger charge is 2.43. The van der Waals surface area contributed by atoms with E-state index in [2.05, 4.69) is 20.3 Å². The summed E-state index contributed by atoms with van der Waals surface area (Å²) in [5.41, 5.74) is 7.18. The van der Waals surface area contributed by atoms with Gasteiger partial charge in [-0.15, -0.1) is 0 Å². The van der Waals surface area contributed by atoms with Crippen LogP contribution in [-0.2, 0) is 20.9 Å². The lowest BCUT2D eigenvalue weighted by Gasteiger charge is -2.25. The van der Waals surface area contributed by atoms with Crippen LogP contribution in [0.4, 0.5) is 24.7 Å². The molecule has 0 radical (unpaired) electrons. The van der Waals surface area contributed by atoms with E-state index in [-0.39, 0.29) is 54.2 Å². The van der Waals surface area contributed by atoms with Crippen molar-refractivity contribution in [3.63, 3.8) is 0 Å². The number of aromatic nitrogens is 5. The third kappa shape index (κ3) is 6.12. The number of amides is 2. The molecule has 0 spiro atoms. The number of nitrogens with two attached hydrogens (primary N) is 1. The van der Waals surface area contributed by atoms with Crippen LogP contribution in [0.5, 0.6) is 11.6 Å². The predicted molar refractivity (Wildman–Crippen MR) is 142 cm³/mol. The number of imidazole rings is 1. The zero-order chi connectivity index (χ0) is 29.9. The summed E-state index contributed by atoms with van der Waals surface area (Å²) in [6.07, 6.45) is -2.32. The molecular formula is C26H27F3N8O5. The molecule has 2 N–H and O–H groups in total. The summed E-state index contributed by atoms with van der Waals surface area (Å²) in [5.74, 6) is -1.35. The number of alkyl halides is 3. The maximum Gasteiger partial charge on any atom is 0.471 e. The van der Waals surface area contributed by atoms with Gasteiger partial charge in [0.1, 0.15) is 11.3 Å². The van der Waals surface area contributed by atoms with Crippen molar-refractivity contribution in [2.45, 2.75) is 32.0 Å². The quantitative estimate of drug-likeness (QED) is 0.276. The number of likely N-dealkylation sites (tertiary alicyclic amines) is 1. The van der Waals surface area contributed by atoms with Gasteiger partial charge < -0.3 is 29.6 Å². The predicted octanol–water partition coefficient (Wildman–Crippen LogP) is 3.41. The average molecular weight is 589 g/mol. The number of nitrogens with zero attached hydrogens (tertiary/aromatic N) is 7. The van der Waals surface area contributed by atoms with Crippen LogP contribution in [0.15, 0.2) is 41.2 Å². The van der Waals surface area contributed by atoms with Gasteiger partial charge >= 0.3 is 12.1 Å². The van der Waals surface area contributed by atoms with Crippen molar-refractivity contribution < 1.29 is 36.9 Å². The van der Waals surface area contributed by atoms with Crippen LogP contribution in [-0.4, -0.2) is 81.1 Å². The summed E-state index contributed by atoms with van der Waals surface area (Å²) < 4.78 is 58.1. The lowest BCUT2D eigenvalue weighted by Crippen LogP contribution is -2.42. The number of halogens is 3. The molecule has 2 amide bonds. The van der Waals surface area contributed by atoms with Gasteiger partial charge in [0.25, 0.3) is 0 Å². The minimum atomic E-state index is -5.09. The van der Waals surface area contributed by atoms with Crippen LogP contribution in [0.25, 0.3) is 22.6 Å². The third-order valence-electron chi connectivity index (χ3n) is 6.67. The Labute approximate surface area is 237 Å². The first kappa shape index (κ1) is 28.8. The summed E-state index contributed by atoms with van der Waals surface area (Å²) in [6.45, 7) is 1.28. The fourth-order valence-electron chi connectivity index (χ4n) is 4.70. The number of ether oxygens (including phenoxy) is 2. The van der Waals surface area contributed by atoms with E-state index in [4.69, 9.17) is 19.8 Å². The smallest absolute Gasteiger partial charge is 0.439 e. The fourth-order valence-corrected chi connectivity index (χ4v) is 4.70. The molecule has 1 saturated heterocycles. The number of benzene rings is 1. The normalized spacial score (nSPS) is 13.7. The van der Waals surface area contributed by atoms with Crippen molar-refractivity contribution in [3.8, 4) is 23.1 Å². The average Bonchev–Trinajstić information content (AvgIpc) is 3.67. The molecule has 42 heavy (non-hydrogen) atoms. The first-order valence-electron chi connectivity index (χ1n) is 13.0. The summed E-state index contributed by atoms with van der Waals surface area (Å²) in [5, 5.41) is 7.43. The molecule has 222 valence electrons. The number of carbonyl (C=O) groups excluding carboxylic acids is 2. The van der Waals surface area contributed by atoms with Crippen molar-refractivity contribution in [2.75, 3.05) is 44.0 Å². The third-order valence-corrected chi connectivity index (χ3v) is 6.67. The molecule has 3 aromatic heterocycles. The van der Waals surface area contributed by atoms with Crippen molar-refractivity contribution in [1.29, 1.82) is 0 Å². The molecule has 0 bridgehead atoms. The fraction of sp³-hybridized carbons (Fsp3) is 0.385. The van der Waals surface area contributed by atoms with Crippen molar-refractivity contribution in [3.05, 3.63) is 36.5 Å². The van der Waals surface area contributed by atoms with Crippen molar-refractivity contribution in [1.82, 2.24) is 29.7 Å². The van der Waals surface area contributed by atoms with E-state index >= 15 is 0 Å². The van der Waals surface area contributed by atoms with E-state index in [1.165, 1.54) is 30.5 Å². The minimum Gasteiger partial charge on any atom is -0.439 e. The Morgan fingerprint density at radius 1 is 1.21 bits per heavy atom. The number of rotatable bonds is 11. The maximum atomic E-state index is 13.5. The van der Waals surface area contributed by atoms with Gasteiger partial charge in [0.2, 0.25) is 11.8 Å². The Kier molecular flexibility index (Phi) is 8.24. The summed E-state index contributed by atoms with van der Waals surface area (Å²) in [6, 6.07) is 7.32. The second-order valence-electron chi connectivity index (χ2n) is 9.48. The largest absolute Gasteiger partial charge is 0.471 e. The van der Waals surface area contributed by atoms with Gasteiger partial charge in [0, 0.05) is 57.5 Å². The second-order valence-corrected chi connectivity index (χ2v) is 9.48. The molecule has 0 saturated carbocycles. The molecule has 4 heterocycles. The summed E-state index contributed by atoms with van der Waals surface area (Å²) in [7, 11) is 1.55. The molecule has 1 aromatic carbocycles. The van der Waals surface area contributed by atoms with Crippen LogP contribution in [0, 0.1) is 0 Å². The van der Waals surface area contributed by atoms with E-state index < -0.39 is 12.1 Å². The molecular weight excluding hydrogens is 561 g/mol. The number of carbonyl (C=O) groups is 2.